The van der Waals surface area contributed by atoms with E-state index in [1.807, 2.05) is 48.5 Å². The van der Waals surface area contributed by atoms with E-state index in [9.17, 15) is 0 Å². The predicted octanol–water partition coefficient (Wildman–Crippen LogP) is 3.50. The van der Waals surface area contributed by atoms with E-state index >= 15 is 0 Å². The molecular formula is C22H17N3O. The van der Waals surface area contributed by atoms with Crippen molar-refractivity contribution in [2.24, 2.45) is 0 Å². The summed E-state index contributed by atoms with van der Waals surface area (Å²) in [5.74, 6) is 1.89. The van der Waals surface area contributed by atoms with Gasteiger partial charge in [0.15, 0.2) is 11.6 Å². The van der Waals surface area contributed by atoms with Crippen molar-refractivity contribution >= 4 is 24.1 Å². The second kappa shape index (κ2) is 6.41. The molecule has 0 saturated carbocycles. The summed E-state index contributed by atoms with van der Waals surface area (Å²) in [4.78, 5) is 13.9. The van der Waals surface area contributed by atoms with Crippen LogP contribution in [-0.2, 0) is 6.42 Å². The molecule has 0 spiro atoms. The quantitative estimate of drug-likeness (QED) is 0.534. The molecule has 2 heterocycles. The third-order valence-corrected chi connectivity index (χ3v) is 4.18. The molecule has 0 radical (unpaired) electrons. The summed E-state index contributed by atoms with van der Waals surface area (Å²) in [5.41, 5.74) is 3.07. The Balaban J connectivity index is 2.00. The minimum atomic E-state index is 0.552. The molecule has 0 aliphatic heterocycles. The molecule has 0 N–H and O–H groups in total. The molecule has 0 bridgehead atoms. The first-order valence-corrected chi connectivity index (χ1v) is 8.28. The lowest BCUT2D eigenvalue weighted by molar-refractivity contribution is 0.577. The zero-order valence-electron chi connectivity index (χ0n) is 14.3. The second-order valence-corrected chi connectivity index (χ2v) is 5.94. The van der Waals surface area contributed by atoms with Gasteiger partial charge < -0.3 is 4.42 Å². The Kier molecular flexibility index (Phi) is 3.93. The summed E-state index contributed by atoms with van der Waals surface area (Å²) >= 11 is 0. The van der Waals surface area contributed by atoms with Gasteiger partial charge in [0.25, 0.3) is 0 Å². The van der Waals surface area contributed by atoms with E-state index in [0.29, 0.717) is 29.3 Å². The van der Waals surface area contributed by atoms with Gasteiger partial charge in [-0.1, -0.05) is 61.7 Å². The van der Waals surface area contributed by atoms with Gasteiger partial charge in [0, 0.05) is 28.2 Å². The van der Waals surface area contributed by atoms with E-state index in [-0.39, 0.29) is 0 Å². The van der Waals surface area contributed by atoms with Gasteiger partial charge in [0.05, 0.1) is 0 Å². The lowest BCUT2D eigenvalue weighted by atomic mass is 10.1. The Morgan fingerprint density at radius 1 is 0.885 bits per heavy atom. The fraction of sp³-hybridized carbons (Fsp3) is 0.0455. The van der Waals surface area contributed by atoms with Crippen molar-refractivity contribution in [3.63, 3.8) is 0 Å². The van der Waals surface area contributed by atoms with E-state index in [4.69, 9.17) is 9.40 Å². The molecule has 2 aromatic carbocycles. The average Bonchev–Trinajstić information content (AvgIpc) is 2.97. The number of fused-ring (bicyclic) bond motifs is 1. The van der Waals surface area contributed by atoms with Crippen LogP contribution in [0.4, 0.5) is 0 Å². The first kappa shape index (κ1) is 16.0. The summed E-state index contributed by atoms with van der Waals surface area (Å²) in [7, 11) is 0. The minimum absolute atomic E-state index is 0.552. The molecule has 0 unspecified atom stereocenters. The average molecular weight is 339 g/mol. The summed E-state index contributed by atoms with van der Waals surface area (Å²) < 4.78 is 5.69. The first-order chi connectivity index (χ1) is 12.7. The van der Waals surface area contributed by atoms with Gasteiger partial charge in [0.2, 0.25) is 0 Å². The molecule has 4 nitrogen and oxygen atoms in total. The molecule has 0 aliphatic rings. The molecule has 26 heavy (non-hydrogen) atoms. The highest BCUT2D eigenvalue weighted by atomic mass is 16.3. The van der Waals surface area contributed by atoms with Gasteiger partial charge in [-0.2, -0.15) is 0 Å². The van der Waals surface area contributed by atoms with E-state index < -0.39 is 0 Å². The molecule has 0 aliphatic carbocycles. The van der Waals surface area contributed by atoms with Gasteiger partial charge in [-0.15, -0.1) is 6.58 Å². The highest BCUT2D eigenvalue weighted by Gasteiger charge is 2.14. The Morgan fingerprint density at radius 3 is 2.42 bits per heavy atom. The fourth-order valence-electron chi connectivity index (χ4n) is 2.92. The smallest absolute Gasteiger partial charge is 0.164 e. The van der Waals surface area contributed by atoms with E-state index in [1.165, 1.54) is 0 Å². The Bertz CT molecular complexity index is 1210. The van der Waals surface area contributed by atoms with Gasteiger partial charge in [-0.3, -0.25) is 0 Å². The van der Waals surface area contributed by atoms with Crippen molar-refractivity contribution in [1.29, 1.82) is 0 Å². The third-order valence-electron chi connectivity index (χ3n) is 4.18. The SMILES string of the molecule is C=CCc1nc(-c2ccccc2)nc(-c2cccc3oc(=C)c(=C)c23)n1. The largest absolute Gasteiger partial charge is 0.457 e. The lowest BCUT2D eigenvalue weighted by Gasteiger charge is -2.07. The molecule has 0 atom stereocenters. The third kappa shape index (κ3) is 2.71. The highest BCUT2D eigenvalue weighted by molar-refractivity contribution is 5.92. The summed E-state index contributed by atoms with van der Waals surface area (Å²) in [6.07, 6.45) is 2.35. The number of benzene rings is 2. The van der Waals surface area contributed by atoms with Gasteiger partial charge in [-0.05, 0) is 6.07 Å². The van der Waals surface area contributed by atoms with E-state index in [1.54, 1.807) is 6.08 Å². The van der Waals surface area contributed by atoms with Crippen molar-refractivity contribution in [1.82, 2.24) is 15.0 Å². The molecule has 0 saturated heterocycles. The normalized spacial score (nSPS) is 10.9. The Hall–Kier alpha value is -3.53. The molecule has 0 amide bonds. The molecule has 0 fully saturated rings. The highest BCUT2D eigenvalue weighted by Crippen LogP contribution is 2.25. The molecule has 2 aromatic heterocycles. The first-order valence-electron chi connectivity index (χ1n) is 8.28. The Morgan fingerprint density at radius 2 is 1.65 bits per heavy atom. The van der Waals surface area contributed by atoms with Crippen LogP contribution in [-0.4, -0.2) is 15.0 Å². The number of nitrogens with zero attached hydrogens (tertiary/aromatic N) is 3. The van der Waals surface area contributed by atoms with Crippen LogP contribution in [0.2, 0.25) is 0 Å². The summed E-state index contributed by atoms with van der Waals surface area (Å²) in [6.45, 7) is 11.8. The van der Waals surface area contributed by atoms with Gasteiger partial charge in [-0.25, -0.2) is 15.0 Å². The number of rotatable bonds is 4. The van der Waals surface area contributed by atoms with Crippen LogP contribution in [0, 0.1) is 0 Å². The van der Waals surface area contributed by atoms with Crippen LogP contribution in [0.25, 0.3) is 46.9 Å². The molecular weight excluding hydrogens is 322 g/mol. The fourth-order valence-corrected chi connectivity index (χ4v) is 2.92. The maximum Gasteiger partial charge on any atom is 0.164 e. The Labute approximate surface area is 150 Å². The zero-order chi connectivity index (χ0) is 18.1. The molecule has 4 aromatic rings. The number of hydrogen-bond acceptors (Lipinski definition) is 4. The van der Waals surface area contributed by atoms with E-state index in [2.05, 4.69) is 29.7 Å². The monoisotopic (exact) mass is 339 g/mol. The number of hydrogen-bond donors (Lipinski definition) is 0. The zero-order valence-corrected chi connectivity index (χ0v) is 14.3. The maximum absolute atomic E-state index is 5.69. The van der Waals surface area contributed by atoms with Crippen LogP contribution in [0.5, 0.6) is 0 Å². The van der Waals surface area contributed by atoms with Crippen LogP contribution >= 0.6 is 0 Å². The lowest BCUT2D eigenvalue weighted by Crippen LogP contribution is -2.16. The van der Waals surface area contributed by atoms with Crippen molar-refractivity contribution in [2.75, 3.05) is 0 Å². The minimum Gasteiger partial charge on any atom is -0.457 e. The molecule has 4 rings (SSSR count). The van der Waals surface area contributed by atoms with Gasteiger partial charge >= 0.3 is 0 Å². The topological polar surface area (TPSA) is 51.8 Å². The predicted molar refractivity (Wildman–Crippen MR) is 105 cm³/mol. The number of aromatic nitrogens is 3. The summed E-state index contributed by atoms with van der Waals surface area (Å²) in [6, 6.07) is 15.6. The number of furan rings is 1. The standard InChI is InChI=1S/C22H17N3O/c1-4-9-19-23-21(16-10-6-5-7-11-16)25-22(24-19)17-12-8-13-18-20(17)14(2)15(3)26-18/h4-8,10-13H,1-3,9H2. The molecule has 126 valence electrons. The maximum atomic E-state index is 5.69. The van der Waals surface area contributed by atoms with E-state index in [0.717, 1.165) is 27.3 Å². The van der Waals surface area contributed by atoms with Gasteiger partial charge in [0.1, 0.15) is 16.8 Å². The van der Waals surface area contributed by atoms with Crippen molar-refractivity contribution in [2.45, 2.75) is 6.42 Å². The van der Waals surface area contributed by atoms with Crippen LogP contribution < -0.4 is 10.6 Å². The summed E-state index contributed by atoms with van der Waals surface area (Å²) in [5, 5.41) is 1.63. The van der Waals surface area contributed by atoms with Crippen LogP contribution in [0.1, 0.15) is 5.82 Å². The van der Waals surface area contributed by atoms with Crippen LogP contribution in [0.3, 0.4) is 0 Å². The van der Waals surface area contributed by atoms with Crippen LogP contribution in [0.15, 0.2) is 65.6 Å². The number of allylic oxidation sites excluding steroid dienone is 1. The van der Waals surface area contributed by atoms with Crippen molar-refractivity contribution in [3.05, 3.63) is 77.6 Å². The molecule has 4 heteroatoms. The van der Waals surface area contributed by atoms with Crippen molar-refractivity contribution in [3.8, 4) is 22.8 Å². The van der Waals surface area contributed by atoms with Crippen molar-refractivity contribution < 1.29 is 4.42 Å². The second-order valence-electron chi connectivity index (χ2n) is 5.94.